The van der Waals surface area contributed by atoms with Gasteiger partial charge in [0.1, 0.15) is 12.3 Å². The summed E-state index contributed by atoms with van der Waals surface area (Å²) in [6.07, 6.45) is 4.77. The summed E-state index contributed by atoms with van der Waals surface area (Å²) < 4.78 is 0.804. The Hall–Kier alpha value is -2.20. The summed E-state index contributed by atoms with van der Waals surface area (Å²) in [5, 5.41) is 10.1. The van der Waals surface area contributed by atoms with Gasteiger partial charge in [-0.25, -0.2) is 0 Å². The molecular weight excluding hydrogens is 276 g/mol. The van der Waals surface area contributed by atoms with Gasteiger partial charge in [-0.05, 0) is 12.1 Å². The average Bonchev–Trinajstić information content (AvgIpc) is 3.03. The largest absolute Gasteiger partial charge is 0.508 e. The van der Waals surface area contributed by atoms with Crippen LogP contribution >= 0.6 is 0 Å². The fourth-order valence-electron chi connectivity index (χ4n) is 4.46. The second-order valence-electron chi connectivity index (χ2n) is 6.56. The first-order valence-electron chi connectivity index (χ1n) is 7.71. The number of hydrogen-bond acceptors (Lipinski definition) is 3. The summed E-state index contributed by atoms with van der Waals surface area (Å²) in [5.74, 6) is 0.973. The molecule has 4 heteroatoms. The first-order chi connectivity index (χ1) is 10.7. The standard InChI is InChI=1S/C18H18N2O2/c21-12-17-16-11-20(17,9-13-4-3-7-19-8-13)10-15(16)14-5-1-2-6-18(14)22/h1-8,12,15-17H,9-11H2/p+1/t15-,16+,17?,20?/m1/s1. The van der Waals surface area contributed by atoms with Crippen molar-refractivity contribution in [3.8, 4) is 5.75 Å². The molecule has 2 bridgehead atoms. The van der Waals surface area contributed by atoms with Crippen molar-refractivity contribution in [3.05, 3.63) is 59.9 Å². The molecular formula is C18H19N2O2+. The van der Waals surface area contributed by atoms with Gasteiger partial charge in [-0.15, -0.1) is 0 Å². The summed E-state index contributed by atoms with van der Waals surface area (Å²) >= 11 is 0. The molecule has 5 rings (SSSR count). The van der Waals surface area contributed by atoms with E-state index in [0.29, 0.717) is 11.7 Å². The molecule has 3 fully saturated rings. The summed E-state index contributed by atoms with van der Waals surface area (Å²) in [6, 6.07) is 11.6. The van der Waals surface area contributed by atoms with Gasteiger partial charge in [0.25, 0.3) is 0 Å². The van der Waals surface area contributed by atoms with E-state index in [1.807, 2.05) is 30.5 Å². The number of para-hydroxylation sites is 1. The van der Waals surface area contributed by atoms with E-state index in [0.717, 1.165) is 36.0 Å². The van der Waals surface area contributed by atoms with Gasteiger partial charge in [0, 0.05) is 23.5 Å². The summed E-state index contributed by atoms with van der Waals surface area (Å²) in [7, 11) is 0. The molecule has 2 unspecified atom stereocenters. The maximum atomic E-state index is 11.6. The zero-order valence-electron chi connectivity index (χ0n) is 12.3. The maximum Gasteiger partial charge on any atom is 0.177 e. The normalized spacial score (nSPS) is 32.5. The van der Waals surface area contributed by atoms with Crippen molar-refractivity contribution in [3.63, 3.8) is 0 Å². The molecule has 4 atom stereocenters. The second-order valence-corrected chi connectivity index (χ2v) is 6.56. The maximum absolute atomic E-state index is 11.6. The Bertz CT molecular complexity index is 703. The monoisotopic (exact) mass is 295 g/mol. The van der Waals surface area contributed by atoms with E-state index in [4.69, 9.17) is 0 Å². The first-order valence-corrected chi connectivity index (χ1v) is 7.71. The molecule has 1 aromatic heterocycles. The van der Waals surface area contributed by atoms with Crippen molar-refractivity contribution in [1.29, 1.82) is 0 Å². The van der Waals surface area contributed by atoms with E-state index < -0.39 is 0 Å². The third-order valence-electron chi connectivity index (χ3n) is 5.42. The number of aldehydes is 1. The lowest BCUT2D eigenvalue weighted by Crippen LogP contribution is -2.64. The Kier molecular flexibility index (Phi) is 3.01. The van der Waals surface area contributed by atoms with E-state index in [2.05, 4.69) is 11.1 Å². The van der Waals surface area contributed by atoms with Gasteiger partial charge in [-0.2, -0.15) is 0 Å². The molecule has 1 N–H and O–H groups in total. The molecule has 0 aliphatic carbocycles. The average molecular weight is 295 g/mol. The molecule has 2 aromatic rings. The number of aromatic nitrogens is 1. The number of carbonyl (C=O) groups excluding carboxylic acids is 1. The Morgan fingerprint density at radius 3 is 2.82 bits per heavy atom. The van der Waals surface area contributed by atoms with Gasteiger partial charge in [0.05, 0.1) is 24.9 Å². The number of aromatic hydroxyl groups is 1. The Balaban J connectivity index is 1.64. The van der Waals surface area contributed by atoms with E-state index >= 15 is 0 Å². The Morgan fingerprint density at radius 2 is 2.09 bits per heavy atom. The van der Waals surface area contributed by atoms with Crippen molar-refractivity contribution in [2.24, 2.45) is 5.92 Å². The van der Waals surface area contributed by atoms with Gasteiger partial charge in [0.15, 0.2) is 12.3 Å². The van der Waals surface area contributed by atoms with Crippen LogP contribution in [0.2, 0.25) is 0 Å². The molecule has 4 heterocycles. The molecule has 22 heavy (non-hydrogen) atoms. The van der Waals surface area contributed by atoms with Gasteiger partial charge >= 0.3 is 0 Å². The highest BCUT2D eigenvalue weighted by Gasteiger charge is 2.65. The molecule has 3 aliphatic rings. The molecule has 3 saturated heterocycles. The summed E-state index contributed by atoms with van der Waals surface area (Å²) in [6.45, 7) is 2.77. The fourth-order valence-corrected chi connectivity index (χ4v) is 4.46. The molecule has 0 spiro atoms. The van der Waals surface area contributed by atoms with Crippen LogP contribution in [0.1, 0.15) is 17.0 Å². The number of rotatable bonds is 4. The Labute approximate surface area is 129 Å². The third-order valence-corrected chi connectivity index (χ3v) is 5.42. The van der Waals surface area contributed by atoms with Crippen molar-refractivity contribution < 1.29 is 14.4 Å². The zero-order valence-corrected chi connectivity index (χ0v) is 12.3. The number of pyridine rings is 1. The highest BCUT2D eigenvalue weighted by Crippen LogP contribution is 2.53. The van der Waals surface area contributed by atoms with Crippen LogP contribution in [0.5, 0.6) is 5.75 Å². The summed E-state index contributed by atoms with van der Waals surface area (Å²) in [4.78, 5) is 15.8. The van der Waals surface area contributed by atoms with Crippen molar-refractivity contribution in [2.75, 3.05) is 13.1 Å². The van der Waals surface area contributed by atoms with E-state index in [1.54, 1.807) is 12.3 Å². The fraction of sp³-hybridized carbons (Fsp3) is 0.333. The van der Waals surface area contributed by atoms with Gasteiger partial charge in [-0.1, -0.05) is 24.3 Å². The van der Waals surface area contributed by atoms with Crippen LogP contribution in [0, 0.1) is 5.92 Å². The van der Waals surface area contributed by atoms with Crippen LogP contribution < -0.4 is 0 Å². The predicted molar refractivity (Wildman–Crippen MR) is 82.1 cm³/mol. The molecule has 4 nitrogen and oxygen atoms in total. The second kappa shape index (κ2) is 4.92. The number of hydrogen-bond donors (Lipinski definition) is 1. The van der Waals surface area contributed by atoms with Gasteiger partial charge < -0.3 is 9.59 Å². The van der Waals surface area contributed by atoms with Crippen LogP contribution in [0.3, 0.4) is 0 Å². The van der Waals surface area contributed by atoms with Gasteiger partial charge in [0.2, 0.25) is 0 Å². The predicted octanol–water partition coefficient (Wildman–Crippen LogP) is 2.10. The molecule has 0 amide bonds. The minimum Gasteiger partial charge on any atom is -0.508 e. The van der Waals surface area contributed by atoms with Gasteiger partial charge in [-0.3, -0.25) is 9.78 Å². The van der Waals surface area contributed by atoms with Crippen LogP contribution in [0.4, 0.5) is 0 Å². The topological polar surface area (TPSA) is 50.2 Å². The highest BCUT2D eigenvalue weighted by molar-refractivity contribution is 5.59. The quantitative estimate of drug-likeness (QED) is 0.694. The number of fused-ring (bicyclic) bond motifs is 1. The Morgan fingerprint density at radius 1 is 1.23 bits per heavy atom. The van der Waals surface area contributed by atoms with Crippen LogP contribution in [0.25, 0.3) is 0 Å². The third kappa shape index (κ3) is 1.87. The lowest BCUT2D eigenvalue weighted by Gasteiger charge is -2.47. The number of nitrogens with zero attached hydrogens (tertiary/aromatic N) is 2. The smallest absolute Gasteiger partial charge is 0.177 e. The highest BCUT2D eigenvalue weighted by atomic mass is 16.3. The number of phenolic OH excluding ortho intramolecular Hbond substituents is 1. The molecule has 112 valence electrons. The SMILES string of the molecule is O=CC1[C@H]2C[N+]1(Cc1cccnc1)C[C@@H]2c1ccccc1O. The lowest BCUT2D eigenvalue weighted by atomic mass is 9.82. The number of phenols is 1. The minimum absolute atomic E-state index is 0.0461. The van der Waals surface area contributed by atoms with E-state index in [1.165, 1.54) is 5.56 Å². The lowest BCUT2D eigenvalue weighted by molar-refractivity contribution is -0.977. The summed E-state index contributed by atoms with van der Waals surface area (Å²) in [5.41, 5.74) is 2.16. The number of benzene rings is 1. The van der Waals surface area contributed by atoms with Crippen molar-refractivity contribution >= 4 is 6.29 Å². The molecule has 1 aromatic carbocycles. The van der Waals surface area contributed by atoms with E-state index in [-0.39, 0.29) is 12.0 Å². The van der Waals surface area contributed by atoms with E-state index in [9.17, 15) is 9.90 Å². The number of quaternary nitrogens is 1. The van der Waals surface area contributed by atoms with Crippen LogP contribution in [-0.2, 0) is 11.3 Å². The first kappa shape index (κ1) is 13.5. The van der Waals surface area contributed by atoms with Crippen molar-refractivity contribution in [1.82, 2.24) is 4.98 Å². The molecule has 3 aliphatic heterocycles. The molecule has 0 radical (unpaired) electrons. The molecule has 0 saturated carbocycles. The van der Waals surface area contributed by atoms with Crippen LogP contribution in [0.15, 0.2) is 48.8 Å². The van der Waals surface area contributed by atoms with Crippen molar-refractivity contribution in [2.45, 2.75) is 18.5 Å². The minimum atomic E-state index is 0.0461. The number of carbonyl (C=O) groups is 1. The van der Waals surface area contributed by atoms with Crippen LogP contribution in [-0.4, -0.2) is 40.0 Å². The zero-order chi connectivity index (χ0) is 15.2.